The fraction of sp³-hybridized carbons (Fsp3) is 0.0833. The van der Waals surface area contributed by atoms with Crippen LogP contribution in [0, 0.1) is 0 Å². The second-order valence-corrected chi connectivity index (χ2v) is 4.16. The first kappa shape index (κ1) is 17.8. The number of nitrogen functional groups attached to an aromatic ring is 1. The van der Waals surface area contributed by atoms with Crippen LogP contribution in [0.5, 0.6) is 0 Å². The number of quaternary nitrogens is 1. The quantitative estimate of drug-likeness (QED) is 0.531. The van der Waals surface area contributed by atoms with Crippen molar-refractivity contribution in [2.24, 2.45) is 0 Å². The van der Waals surface area contributed by atoms with Crippen LogP contribution in [0.15, 0.2) is 36.4 Å². The number of benzene rings is 1. The number of hydrogen-bond donors (Lipinski definition) is 3. The average molecular weight is 322 g/mol. The van der Waals surface area contributed by atoms with Crippen molar-refractivity contribution in [2.75, 3.05) is 11.1 Å². The van der Waals surface area contributed by atoms with E-state index >= 15 is 0 Å². The SMILES string of the molecule is Nc1ccc(NCc2ccccc2Cl)[nH+]c1[NH3+].[Cl-].[Cl-]. The molecule has 1 heterocycles. The van der Waals surface area contributed by atoms with E-state index in [9.17, 15) is 0 Å². The fourth-order valence-corrected chi connectivity index (χ4v) is 1.69. The molecule has 0 aliphatic heterocycles. The average Bonchev–Trinajstić information content (AvgIpc) is 2.32. The molecule has 1 aromatic heterocycles. The first-order chi connectivity index (χ1) is 8.16. The highest BCUT2D eigenvalue weighted by Crippen LogP contribution is 2.16. The summed E-state index contributed by atoms with van der Waals surface area (Å²) in [6.45, 7) is 0.652. The van der Waals surface area contributed by atoms with Gasteiger partial charge in [-0.1, -0.05) is 29.8 Å². The fourth-order valence-electron chi connectivity index (χ4n) is 1.49. The third kappa shape index (κ3) is 4.76. The molecule has 0 saturated heterocycles. The van der Waals surface area contributed by atoms with Crippen molar-refractivity contribution in [1.82, 2.24) is 0 Å². The second-order valence-electron chi connectivity index (χ2n) is 3.75. The van der Waals surface area contributed by atoms with Crippen molar-refractivity contribution in [3.63, 3.8) is 0 Å². The number of aromatic nitrogens is 1. The molecule has 0 amide bonds. The molecule has 0 aliphatic carbocycles. The van der Waals surface area contributed by atoms with Gasteiger partial charge in [-0.15, -0.1) is 0 Å². The van der Waals surface area contributed by atoms with Crippen LogP contribution in [0.2, 0.25) is 5.02 Å². The zero-order valence-corrected chi connectivity index (χ0v) is 12.4. The molecule has 0 atom stereocenters. The van der Waals surface area contributed by atoms with Crippen LogP contribution in [0.4, 0.5) is 17.3 Å². The van der Waals surface area contributed by atoms with E-state index in [4.69, 9.17) is 17.3 Å². The summed E-state index contributed by atoms with van der Waals surface area (Å²) in [4.78, 5) is 3.07. The molecule has 0 spiro atoms. The van der Waals surface area contributed by atoms with Gasteiger partial charge in [-0.2, -0.15) is 4.98 Å². The first-order valence-corrected chi connectivity index (χ1v) is 5.65. The maximum Gasteiger partial charge on any atom is 0.308 e. The topological polar surface area (TPSA) is 79.8 Å². The number of nitrogens with one attached hydrogen (secondary N) is 2. The molecule has 0 fully saturated rings. The van der Waals surface area contributed by atoms with Gasteiger partial charge in [0.05, 0.1) is 0 Å². The Morgan fingerprint density at radius 2 is 1.84 bits per heavy atom. The van der Waals surface area contributed by atoms with Gasteiger partial charge in [0.1, 0.15) is 12.2 Å². The maximum absolute atomic E-state index is 6.06. The Labute approximate surface area is 129 Å². The van der Waals surface area contributed by atoms with E-state index in [0.717, 1.165) is 16.4 Å². The van der Waals surface area contributed by atoms with E-state index in [0.29, 0.717) is 18.1 Å². The van der Waals surface area contributed by atoms with Crippen LogP contribution in [0.25, 0.3) is 0 Å². The molecule has 0 unspecified atom stereocenters. The lowest BCUT2D eigenvalue weighted by Gasteiger charge is -2.02. The van der Waals surface area contributed by atoms with Gasteiger partial charge in [0.15, 0.2) is 0 Å². The smallest absolute Gasteiger partial charge is 0.308 e. The van der Waals surface area contributed by atoms with Gasteiger partial charge in [-0.3, -0.25) is 11.1 Å². The first-order valence-electron chi connectivity index (χ1n) is 5.28. The van der Waals surface area contributed by atoms with Crippen molar-refractivity contribution in [3.05, 3.63) is 47.0 Å². The molecule has 7 heteroatoms. The highest BCUT2D eigenvalue weighted by Gasteiger charge is 2.08. The van der Waals surface area contributed by atoms with Crippen LogP contribution in [-0.2, 0) is 6.54 Å². The molecular weight excluding hydrogens is 307 g/mol. The third-order valence-corrected chi connectivity index (χ3v) is 2.86. The Kier molecular flexibility index (Phi) is 7.56. The Bertz CT molecular complexity index is 534. The molecule has 2 aromatic rings. The molecule has 0 aliphatic rings. The van der Waals surface area contributed by atoms with Gasteiger partial charge in [-0.05, 0) is 12.1 Å². The highest BCUT2D eigenvalue weighted by atomic mass is 35.5. The molecule has 0 bridgehead atoms. The van der Waals surface area contributed by atoms with E-state index in [1.54, 1.807) is 0 Å². The van der Waals surface area contributed by atoms with Crippen LogP contribution >= 0.6 is 11.6 Å². The molecule has 104 valence electrons. The van der Waals surface area contributed by atoms with Gasteiger partial charge >= 0.3 is 5.82 Å². The lowest BCUT2D eigenvalue weighted by molar-refractivity contribution is -0.465. The largest absolute Gasteiger partial charge is 1.00 e. The van der Waals surface area contributed by atoms with E-state index in [1.807, 2.05) is 36.4 Å². The summed E-state index contributed by atoms with van der Waals surface area (Å²) in [6.07, 6.45) is 0. The van der Waals surface area contributed by atoms with Crippen molar-refractivity contribution >= 4 is 28.9 Å². The van der Waals surface area contributed by atoms with E-state index in [2.05, 4.69) is 16.0 Å². The minimum atomic E-state index is 0. The molecule has 0 saturated carbocycles. The lowest BCUT2D eigenvalue weighted by Crippen LogP contribution is -3.00. The number of rotatable bonds is 3. The number of hydrogen-bond acceptors (Lipinski definition) is 2. The minimum Gasteiger partial charge on any atom is -1.00 e. The van der Waals surface area contributed by atoms with Crippen LogP contribution in [-0.4, -0.2) is 0 Å². The summed E-state index contributed by atoms with van der Waals surface area (Å²) in [6, 6.07) is 11.4. The number of aromatic amines is 1. The Morgan fingerprint density at radius 1 is 1.16 bits per heavy atom. The second kappa shape index (κ2) is 8.07. The molecule has 4 nitrogen and oxygen atoms in total. The predicted octanol–water partition coefficient (Wildman–Crippen LogP) is -4.77. The van der Waals surface area contributed by atoms with E-state index in [1.165, 1.54) is 0 Å². The number of halogens is 3. The molecule has 1 aromatic carbocycles. The summed E-state index contributed by atoms with van der Waals surface area (Å²) < 4.78 is 0. The van der Waals surface area contributed by atoms with Crippen LogP contribution in [0.3, 0.4) is 0 Å². The third-order valence-electron chi connectivity index (χ3n) is 2.49. The highest BCUT2D eigenvalue weighted by molar-refractivity contribution is 6.31. The van der Waals surface area contributed by atoms with Crippen LogP contribution in [0.1, 0.15) is 5.56 Å². The van der Waals surface area contributed by atoms with Gasteiger partial charge in [-0.25, -0.2) is 0 Å². The normalized spacial score (nSPS) is 9.16. The number of nitrogens with two attached hydrogens (primary N) is 1. The number of anilines is 2. The molecule has 0 radical (unpaired) electrons. The van der Waals surface area contributed by atoms with Crippen LogP contribution < -0.4 is 46.6 Å². The Hall–Kier alpha value is -1.20. The van der Waals surface area contributed by atoms with Crippen molar-refractivity contribution in [2.45, 2.75) is 6.54 Å². The molecule has 2 rings (SSSR count). The summed E-state index contributed by atoms with van der Waals surface area (Å²) in [7, 11) is 0. The zero-order valence-electron chi connectivity index (χ0n) is 10.1. The van der Waals surface area contributed by atoms with E-state index in [-0.39, 0.29) is 24.8 Å². The number of H-pyrrole nitrogens is 1. The minimum absolute atomic E-state index is 0. The lowest BCUT2D eigenvalue weighted by atomic mass is 10.2. The molecule has 19 heavy (non-hydrogen) atoms. The summed E-state index contributed by atoms with van der Waals surface area (Å²) in [5.74, 6) is 1.57. The number of pyridine rings is 1. The Balaban J connectivity index is 0.00000162. The monoisotopic (exact) mass is 320 g/mol. The molecular formula is C12H15Cl3N4. The Morgan fingerprint density at radius 3 is 2.47 bits per heavy atom. The van der Waals surface area contributed by atoms with Gasteiger partial charge < -0.3 is 30.5 Å². The van der Waals surface area contributed by atoms with Crippen molar-refractivity contribution < 1.29 is 35.5 Å². The molecule has 7 N–H and O–H groups in total. The maximum atomic E-state index is 6.06. The van der Waals surface area contributed by atoms with Crippen molar-refractivity contribution in [1.29, 1.82) is 0 Å². The zero-order chi connectivity index (χ0) is 12.3. The van der Waals surface area contributed by atoms with E-state index < -0.39 is 0 Å². The summed E-state index contributed by atoms with van der Waals surface area (Å²) >= 11 is 6.06. The van der Waals surface area contributed by atoms with Gasteiger partial charge in [0.2, 0.25) is 0 Å². The van der Waals surface area contributed by atoms with Gasteiger partial charge in [0, 0.05) is 16.7 Å². The van der Waals surface area contributed by atoms with Gasteiger partial charge in [0.25, 0.3) is 5.82 Å². The van der Waals surface area contributed by atoms with Crippen molar-refractivity contribution in [3.8, 4) is 0 Å². The summed E-state index contributed by atoms with van der Waals surface area (Å²) in [5.41, 5.74) is 11.2. The standard InChI is InChI=1S/C12H13ClN4.2ClH/c13-9-4-2-1-3-8(9)7-16-11-6-5-10(14)12(15)17-11;;/h1-6H,7,14H2,(H3,15,16,17);2*1H. The summed E-state index contributed by atoms with van der Waals surface area (Å²) in [5, 5.41) is 3.99. The predicted molar refractivity (Wildman–Crippen MR) is 68.7 cm³/mol.